The lowest BCUT2D eigenvalue weighted by atomic mass is 9.96. The van der Waals surface area contributed by atoms with Crippen LogP contribution in [0.4, 0.5) is 0 Å². The molecule has 3 N–H and O–H groups in total. The summed E-state index contributed by atoms with van der Waals surface area (Å²) in [6, 6.07) is 1.10. The molecule has 1 aromatic heterocycles. The number of H-pyrrole nitrogens is 1. The van der Waals surface area contributed by atoms with Crippen LogP contribution in [0, 0.1) is 0 Å². The van der Waals surface area contributed by atoms with Crippen LogP contribution in [0.3, 0.4) is 0 Å². The summed E-state index contributed by atoms with van der Waals surface area (Å²) in [5, 5.41) is 20.0. The van der Waals surface area contributed by atoms with Gasteiger partial charge in [0.15, 0.2) is 12.3 Å². The molecule has 0 unspecified atom stereocenters. The summed E-state index contributed by atoms with van der Waals surface area (Å²) in [5.74, 6) is -0.568. The maximum atomic E-state index is 11.8. The van der Waals surface area contributed by atoms with Gasteiger partial charge in [-0.2, -0.15) is 0 Å². The zero-order chi connectivity index (χ0) is 16.5. The Kier molecular flexibility index (Phi) is 4.50. The molecule has 4 atom stereocenters. The van der Waals surface area contributed by atoms with Crippen molar-refractivity contribution in [1.82, 2.24) is 9.55 Å². The zero-order valence-electron chi connectivity index (χ0n) is 12.2. The Hall–Kier alpha value is -1.97. The van der Waals surface area contributed by atoms with Gasteiger partial charge in [0.05, 0.1) is 6.61 Å². The molecule has 0 bridgehead atoms. The molecule has 22 heavy (non-hydrogen) atoms. The molecule has 9 nitrogen and oxygen atoms in total. The molecule has 9 heteroatoms. The standard InChI is InChI=1S/C13H18N2O7/c1-3-9(18)22-10-7(6-16)21-11(13(10,2)20)15-5-4-8(17)14-12(15)19/h4-5,7,10-11,16,20H,3,6H2,1-2H3,(H,14,17,19)/t7-,10-,11-,13-/m1/s1. The topological polar surface area (TPSA) is 131 Å². The van der Waals surface area contributed by atoms with E-state index >= 15 is 0 Å². The van der Waals surface area contributed by atoms with Crippen molar-refractivity contribution in [1.29, 1.82) is 0 Å². The SMILES string of the molecule is CCC(=O)O[C@@H]1[C@@H](CO)O[C@@H](n2ccc(=O)[nH]c2=O)[C@]1(C)O. The van der Waals surface area contributed by atoms with Crippen LogP contribution in [-0.4, -0.2) is 50.1 Å². The second-order valence-electron chi connectivity index (χ2n) is 5.22. The smallest absolute Gasteiger partial charge is 0.330 e. The molecule has 1 aromatic rings. The highest BCUT2D eigenvalue weighted by molar-refractivity contribution is 5.69. The van der Waals surface area contributed by atoms with Gasteiger partial charge in [0.2, 0.25) is 0 Å². The molecule has 2 rings (SSSR count). The number of ether oxygens (including phenoxy) is 2. The van der Waals surface area contributed by atoms with E-state index in [0.717, 1.165) is 10.6 Å². The summed E-state index contributed by atoms with van der Waals surface area (Å²) in [6.45, 7) is 2.41. The molecular weight excluding hydrogens is 296 g/mol. The van der Waals surface area contributed by atoms with Crippen molar-refractivity contribution < 1.29 is 24.5 Å². The minimum atomic E-state index is -1.76. The predicted molar refractivity (Wildman–Crippen MR) is 73.1 cm³/mol. The maximum Gasteiger partial charge on any atom is 0.330 e. The number of carbonyl (C=O) groups excluding carboxylic acids is 1. The number of nitrogens with zero attached hydrogens (tertiary/aromatic N) is 1. The first kappa shape index (κ1) is 16.4. The van der Waals surface area contributed by atoms with Crippen LogP contribution in [-0.2, 0) is 14.3 Å². The summed E-state index contributed by atoms with van der Waals surface area (Å²) in [5.41, 5.74) is -3.14. The van der Waals surface area contributed by atoms with E-state index in [0.29, 0.717) is 0 Å². The maximum absolute atomic E-state index is 11.8. The molecule has 0 saturated carbocycles. The summed E-state index contributed by atoms with van der Waals surface area (Å²) >= 11 is 0. The zero-order valence-corrected chi connectivity index (χ0v) is 12.2. The molecular formula is C13H18N2O7. The molecule has 1 saturated heterocycles. The van der Waals surface area contributed by atoms with Crippen LogP contribution >= 0.6 is 0 Å². The second kappa shape index (κ2) is 6.03. The number of carbonyl (C=O) groups is 1. The van der Waals surface area contributed by atoms with Crippen molar-refractivity contribution in [3.05, 3.63) is 33.1 Å². The minimum absolute atomic E-state index is 0.0913. The largest absolute Gasteiger partial charge is 0.456 e. The molecule has 122 valence electrons. The summed E-state index contributed by atoms with van der Waals surface area (Å²) < 4.78 is 11.6. The third kappa shape index (κ3) is 2.82. The Morgan fingerprint density at radius 1 is 1.55 bits per heavy atom. The van der Waals surface area contributed by atoms with E-state index in [1.165, 1.54) is 13.1 Å². The lowest BCUT2D eigenvalue weighted by molar-refractivity contribution is -0.163. The lowest BCUT2D eigenvalue weighted by Gasteiger charge is -2.29. The van der Waals surface area contributed by atoms with Crippen molar-refractivity contribution >= 4 is 5.97 Å². The molecule has 2 heterocycles. The van der Waals surface area contributed by atoms with Gasteiger partial charge in [-0.1, -0.05) is 6.92 Å². The van der Waals surface area contributed by atoms with Gasteiger partial charge in [-0.15, -0.1) is 0 Å². The van der Waals surface area contributed by atoms with Crippen LogP contribution < -0.4 is 11.2 Å². The number of hydrogen-bond donors (Lipinski definition) is 3. The quantitative estimate of drug-likeness (QED) is 0.576. The first-order valence-electron chi connectivity index (χ1n) is 6.81. The first-order chi connectivity index (χ1) is 10.3. The fourth-order valence-electron chi connectivity index (χ4n) is 2.41. The van der Waals surface area contributed by atoms with Crippen LogP contribution in [0.1, 0.15) is 26.5 Å². The van der Waals surface area contributed by atoms with Gasteiger partial charge < -0.3 is 19.7 Å². The normalized spacial score (nSPS) is 31.2. The highest BCUT2D eigenvalue weighted by Crippen LogP contribution is 2.39. The number of aromatic amines is 1. The Morgan fingerprint density at radius 2 is 2.23 bits per heavy atom. The lowest BCUT2D eigenvalue weighted by Crippen LogP contribution is -2.48. The van der Waals surface area contributed by atoms with E-state index in [2.05, 4.69) is 0 Å². The van der Waals surface area contributed by atoms with E-state index in [4.69, 9.17) is 9.47 Å². The van der Waals surface area contributed by atoms with E-state index < -0.39 is 47.9 Å². The number of aliphatic hydroxyl groups excluding tert-OH is 1. The molecule has 1 fully saturated rings. The van der Waals surface area contributed by atoms with E-state index in [-0.39, 0.29) is 6.42 Å². The Bertz CT molecular complexity index is 663. The number of aliphatic hydroxyl groups is 2. The summed E-state index contributed by atoms with van der Waals surface area (Å²) in [4.78, 5) is 36.5. The van der Waals surface area contributed by atoms with Crippen molar-refractivity contribution in [3.63, 3.8) is 0 Å². The van der Waals surface area contributed by atoms with Crippen molar-refractivity contribution in [3.8, 4) is 0 Å². The molecule has 0 spiro atoms. The number of rotatable bonds is 4. The first-order valence-corrected chi connectivity index (χ1v) is 6.81. The fourth-order valence-corrected chi connectivity index (χ4v) is 2.41. The third-order valence-corrected chi connectivity index (χ3v) is 3.55. The van der Waals surface area contributed by atoms with Gasteiger partial charge in [-0.3, -0.25) is 19.1 Å². The van der Waals surface area contributed by atoms with Crippen molar-refractivity contribution in [2.75, 3.05) is 6.61 Å². The van der Waals surface area contributed by atoms with Gasteiger partial charge >= 0.3 is 11.7 Å². The van der Waals surface area contributed by atoms with Crippen LogP contribution in [0.25, 0.3) is 0 Å². The van der Waals surface area contributed by atoms with Gasteiger partial charge in [0.1, 0.15) is 11.7 Å². The van der Waals surface area contributed by atoms with Crippen molar-refractivity contribution in [2.24, 2.45) is 0 Å². The Labute approximate surface area is 125 Å². The molecule has 1 aliphatic heterocycles. The van der Waals surface area contributed by atoms with Crippen LogP contribution in [0.15, 0.2) is 21.9 Å². The average molecular weight is 314 g/mol. The number of esters is 1. The summed E-state index contributed by atoms with van der Waals surface area (Å²) in [7, 11) is 0. The van der Waals surface area contributed by atoms with Gasteiger partial charge in [0.25, 0.3) is 5.56 Å². The Balaban J connectivity index is 2.39. The van der Waals surface area contributed by atoms with Gasteiger partial charge in [-0.05, 0) is 6.92 Å². The Morgan fingerprint density at radius 3 is 2.77 bits per heavy atom. The molecule has 0 aromatic carbocycles. The van der Waals surface area contributed by atoms with Crippen LogP contribution in [0.2, 0.25) is 0 Å². The van der Waals surface area contributed by atoms with E-state index in [1.807, 2.05) is 4.98 Å². The molecule has 0 radical (unpaired) electrons. The van der Waals surface area contributed by atoms with Crippen molar-refractivity contribution in [2.45, 2.75) is 44.3 Å². The average Bonchev–Trinajstić information content (AvgIpc) is 2.70. The van der Waals surface area contributed by atoms with Gasteiger partial charge in [-0.25, -0.2) is 4.79 Å². The monoisotopic (exact) mass is 314 g/mol. The number of aromatic nitrogens is 2. The molecule has 1 aliphatic rings. The van der Waals surface area contributed by atoms with E-state index in [1.54, 1.807) is 6.92 Å². The number of nitrogens with one attached hydrogen (secondary N) is 1. The third-order valence-electron chi connectivity index (χ3n) is 3.55. The highest BCUT2D eigenvalue weighted by atomic mass is 16.6. The van der Waals surface area contributed by atoms with Crippen LogP contribution in [0.5, 0.6) is 0 Å². The molecule has 0 aliphatic carbocycles. The van der Waals surface area contributed by atoms with Gasteiger partial charge in [0, 0.05) is 18.7 Å². The fraction of sp³-hybridized carbons (Fsp3) is 0.615. The second-order valence-corrected chi connectivity index (χ2v) is 5.22. The summed E-state index contributed by atoms with van der Waals surface area (Å²) in [6.07, 6.45) is -2.10. The number of hydrogen-bond acceptors (Lipinski definition) is 7. The minimum Gasteiger partial charge on any atom is -0.456 e. The molecule has 0 amide bonds. The highest BCUT2D eigenvalue weighted by Gasteiger charge is 2.56. The predicted octanol–water partition coefficient (Wildman–Crippen LogP) is -1.50. The van der Waals surface area contributed by atoms with E-state index in [9.17, 15) is 24.6 Å².